The summed E-state index contributed by atoms with van der Waals surface area (Å²) in [6.45, 7) is 0. The van der Waals surface area contributed by atoms with Gasteiger partial charge < -0.3 is 0 Å². The van der Waals surface area contributed by atoms with E-state index >= 15 is 0 Å². The molecule has 0 amide bonds. The summed E-state index contributed by atoms with van der Waals surface area (Å²) in [5.41, 5.74) is 0. The highest BCUT2D eigenvalue weighted by Crippen LogP contribution is 2.21. The Morgan fingerprint density at radius 3 is 1.50 bits per heavy atom. The molecule has 0 nitrogen and oxygen atoms in total. The van der Waals surface area contributed by atoms with Crippen molar-refractivity contribution in [2.24, 2.45) is 0 Å². The molecule has 0 aliphatic heterocycles. The third kappa shape index (κ3) is 7.67. The Hall–Kier alpha value is 0.440. The first-order valence-corrected chi connectivity index (χ1v) is 8.06. The zero-order valence-corrected chi connectivity index (χ0v) is 13.2. The van der Waals surface area contributed by atoms with Crippen LogP contribution in [0.3, 0.4) is 0 Å². The van der Waals surface area contributed by atoms with Gasteiger partial charge in [-0.05, 0) is 60.3 Å². The van der Waals surface area contributed by atoms with E-state index in [1.54, 1.807) is 0 Å². The predicted octanol–water partition coefficient (Wildman–Crippen LogP) is 6.46. The standard InChI is InChI=1S/C14H22Br2/c15-13-9-5-1-2-6-10-14(16)12-8-4-3-7-11-13/h9,12H,1-8,10-11H2/b13-9+,14-12+. The highest BCUT2D eigenvalue weighted by Gasteiger charge is 1.97. The molecule has 0 atom stereocenters. The molecular weight excluding hydrogens is 328 g/mol. The Kier molecular flexibility index (Phi) is 8.58. The quantitative estimate of drug-likeness (QED) is 0.470. The zero-order valence-electron chi connectivity index (χ0n) is 9.98. The molecule has 0 aromatic rings. The van der Waals surface area contributed by atoms with Gasteiger partial charge in [-0.15, -0.1) is 0 Å². The third-order valence-corrected chi connectivity index (χ3v) is 4.41. The number of allylic oxidation sites excluding steroid dienone is 4. The summed E-state index contributed by atoms with van der Waals surface area (Å²) >= 11 is 7.33. The lowest BCUT2D eigenvalue weighted by molar-refractivity contribution is 0.672. The molecule has 0 unspecified atom stereocenters. The van der Waals surface area contributed by atoms with E-state index in [4.69, 9.17) is 0 Å². The lowest BCUT2D eigenvalue weighted by atomic mass is 10.1. The van der Waals surface area contributed by atoms with Gasteiger partial charge in [0.05, 0.1) is 0 Å². The normalized spacial score (nSPS) is 28.4. The number of rotatable bonds is 0. The first-order chi connectivity index (χ1) is 7.79. The summed E-state index contributed by atoms with van der Waals surface area (Å²) in [6.07, 6.45) is 17.7. The van der Waals surface area contributed by atoms with Crippen molar-refractivity contribution in [3.8, 4) is 0 Å². The average Bonchev–Trinajstić information content (AvgIpc) is 2.27. The molecule has 1 aliphatic rings. The first-order valence-electron chi connectivity index (χ1n) is 6.48. The number of hydrogen-bond donors (Lipinski definition) is 0. The van der Waals surface area contributed by atoms with Gasteiger partial charge >= 0.3 is 0 Å². The van der Waals surface area contributed by atoms with Crippen molar-refractivity contribution in [2.45, 2.75) is 64.2 Å². The topological polar surface area (TPSA) is 0 Å². The highest BCUT2D eigenvalue weighted by molar-refractivity contribution is 9.12. The molecular formula is C14H22Br2. The summed E-state index contributed by atoms with van der Waals surface area (Å²) in [6, 6.07) is 0. The maximum absolute atomic E-state index is 3.66. The van der Waals surface area contributed by atoms with Gasteiger partial charge in [-0.25, -0.2) is 0 Å². The van der Waals surface area contributed by atoms with Crippen LogP contribution in [-0.4, -0.2) is 0 Å². The van der Waals surface area contributed by atoms with Crippen molar-refractivity contribution in [1.82, 2.24) is 0 Å². The van der Waals surface area contributed by atoms with Crippen LogP contribution in [0.4, 0.5) is 0 Å². The van der Waals surface area contributed by atoms with E-state index in [0.29, 0.717) is 0 Å². The lowest BCUT2D eigenvalue weighted by Crippen LogP contribution is -1.83. The molecule has 0 N–H and O–H groups in total. The van der Waals surface area contributed by atoms with Crippen LogP contribution in [0.2, 0.25) is 0 Å². The van der Waals surface area contributed by atoms with E-state index < -0.39 is 0 Å². The van der Waals surface area contributed by atoms with Crippen LogP contribution in [0.1, 0.15) is 64.2 Å². The summed E-state index contributed by atoms with van der Waals surface area (Å²) in [5, 5.41) is 0. The Balaban J connectivity index is 2.34. The molecule has 0 bridgehead atoms. The Labute approximate surface area is 117 Å². The molecule has 0 saturated heterocycles. The van der Waals surface area contributed by atoms with E-state index in [2.05, 4.69) is 44.0 Å². The molecule has 0 aromatic carbocycles. The fraction of sp³-hybridized carbons (Fsp3) is 0.714. The minimum atomic E-state index is 1.23. The molecule has 2 heteroatoms. The molecule has 0 spiro atoms. The first kappa shape index (κ1) is 14.5. The van der Waals surface area contributed by atoms with E-state index in [9.17, 15) is 0 Å². The Morgan fingerprint density at radius 1 is 0.625 bits per heavy atom. The maximum Gasteiger partial charge on any atom is -0.00892 e. The SMILES string of the molecule is Br/C1=C/CCCCC/C(Br)=C\CCCCC1. The molecule has 1 aliphatic carbocycles. The van der Waals surface area contributed by atoms with Crippen molar-refractivity contribution in [2.75, 3.05) is 0 Å². The van der Waals surface area contributed by atoms with Crippen LogP contribution in [0.25, 0.3) is 0 Å². The summed E-state index contributed by atoms with van der Waals surface area (Å²) in [5.74, 6) is 0. The van der Waals surface area contributed by atoms with Crippen molar-refractivity contribution in [3.63, 3.8) is 0 Å². The smallest absolute Gasteiger partial charge is 0.00892 e. The van der Waals surface area contributed by atoms with E-state index in [-0.39, 0.29) is 0 Å². The Bertz CT molecular complexity index is 215. The third-order valence-electron chi connectivity index (χ3n) is 2.97. The summed E-state index contributed by atoms with van der Waals surface area (Å²) in [4.78, 5) is 0. The van der Waals surface area contributed by atoms with Gasteiger partial charge in [-0.3, -0.25) is 0 Å². The van der Waals surface area contributed by atoms with Gasteiger partial charge in [-0.1, -0.05) is 56.9 Å². The van der Waals surface area contributed by atoms with Gasteiger partial charge in [0.25, 0.3) is 0 Å². The fourth-order valence-electron chi connectivity index (χ4n) is 1.95. The molecule has 0 radical (unpaired) electrons. The van der Waals surface area contributed by atoms with Gasteiger partial charge in [0.1, 0.15) is 0 Å². The molecule has 92 valence electrons. The van der Waals surface area contributed by atoms with Crippen LogP contribution >= 0.6 is 31.9 Å². The fourth-order valence-corrected chi connectivity index (χ4v) is 2.97. The summed E-state index contributed by atoms with van der Waals surface area (Å²) < 4.78 is 2.84. The predicted molar refractivity (Wildman–Crippen MR) is 80.2 cm³/mol. The largest absolute Gasteiger partial charge is 0.0744 e. The van der Waals surface area contributed by atoms with Gasteiger partial charge in [0.2, 0.25) is 0 Å². The second-order valence-corrected chi connectivity index (χ2v) is 6.54. The van der Waals surface area contributed by atoms with E-state index in [1.807, 2.05) is 0 Å². The zero-order chi connectivity index (χ0) is 11.6. The molecule has 0 fully saturated rings. The van der Waals surface area contributed by atoms with Crippen LogP contribution in [0.5, 0.6) is 0 Å². The second-order valence-electron chi connectivity index (χ2n) is 4.50. The van der Waals surface area contributed by atoms with E-state index in [0.717, 1.165) is 0 Å². The van der Waals surface area contributed by atoms with Crippen LogP contribution in [-0.2, 0) is 0 Å². The van der Waals surface area contributed by atoms with Crippen molar-refractivity contribution < 1.29 is 0 Å². The molecule has 0 aromatic heterocycles. The van der Waals surface area contributed by atoms with Crippen LogP contribution < -0.4 is 0 Å². The maximum atomic E-state index is 3.66. The molecule has 16 heavy (non-hydrogen) atoms. The minimum absolute atomic E-state index is 1.23. The lowest BCUT2D eigenvalue weighted by Gasteiger charge is -2.04. The van der Waals surface area contributed by atoms with Gasteiger partial charge in [0, 0.05) is 0 Å². The summed E-state index contributed by atoms with van der Waals surface area (Å²) in [7, 11) is 0. The Morgan fingerprint density at radius 2 is 1.06 bits per heavy atom. The molecule has 0 heterocycles. The van der Waals surface area contributed by atoms with Gasteiger partial charge in [0.15, 0.2) is 0 Å². The number of halogens is 2. The highest BCUT2D eigenvalue weighted by atomic mass is 79.9. The van der Waals surface area contributed by atoms with Crippen molar-refractivity contribution in [3.05, 3.63) is 21.1 Å². The van der Waals surface area contributed by atoms with Crippen LogP contribution in [0, 0.1) is 0 Å². The van der Waals surface area contributed by atoms with E-state index in [1.165, 1.54) is 73.2 Å². The average molecular weight is 350 g/mol. The second kappa shape index (κ2) is 9.47. The number of hydrogen-bond acceptors (Lipinski definition) is 0. The van der Waals surface area contributed by atoms with Gasteiger partial charge in [-0.2, -0.15) is 0 Å². The van der Waals surface area contributed by atoms with Crippen molar-refractivity contribution >= 4 is 31.9 Å². The minimum Gasteiger partial charge on any atom is -0.0744 e. The molecule has 0 saturated carbocycles. The molecule has 1 rings (SSSR count). The van der Waals surface area contributed by atoms with Crippen LogP contribution in [0.15, 0.2) is 21.1 Å². The monoisotopic (exact) mass is 348 g/mol. The van der Waals surface area contributed by atoms with Crippen molar-refractivity contribution in [1.29, 1.82) is 0 Å².